The van der Waals surface area contributed by atoms with Crippen molar-refractivity contribution in [1.29, 1.82) is 0 Å². The lowest BCUT2D eigenvalue weighted by Gasteiger charge is -2.28. The molecule has 1 aliphatic heterocycles. The first kappa shape index (κ1) is 59.0. The second kappa shape index (κ2) is 30.5. The molecule has 1 aliphatic rings. The Morgan fingerprint density at radius 1 is 0.757 bits per heavy atom. The molecule has 15 N–H and O–H groups in total. The fraction of sp³-hybridized carbons (Fsp3) is 0.529. The smallest absolute Gasteiger partial charge is 0.324 e. The van der Waals surface area contributed by atoms with Gasteiger partial charge in [-0.1, -0.05) is 82.1 Å². The number of unbranched alkanes of at least 4 members (excludes halogenated alkanes) is 1. The van der Waals surface area contributed by atoms with Gasteiger partial charge in [0, 0.05) is 56.4 Å². The van der Waals surface area contributed by atoms with Crippen molar-refractivity contribution in [2.75, 3.05) is 13.1 Å². The molecular formula is C51H75N13O10. The molecule has 3 aromatic rings. The number of fused-ring (bicyclic) bond motifs is 1. The fourth-order valence-corrected chi connectivity index (χ4v) is 8.37. The zero-order valence-electron chi connectivity index (χ0n) is 42.8. The topological polar surface area (TPSA) is 365 Å². The third-order valence-electron chi connectivity index (χ3n) is 12.2. The quantitative estimate of drug-likeness (QED) is 0.0488. The van der Waals surface area contributed by atoms with E-state index in [1.54, 1.807) is 36.5 Å². The van der Waals surface area contributed by atoms with Gasteiger partial charge in [0.25, 0.3) is 0 Å². The number of aromatic nitrogens is 1. The number of carbonyl (C=O) groups is 9. The summed E-state index contributed by atoms with van der Waals surface area (Å²) in [5, 5.41) is 19.9. The van der Waals surface area contributed by atoms with Crippen molar-refractivity contribution in [3.63, 3.8) is 0 Å². The van der Waals surface area contributed by atoms with Crippen molar-refractivity contribution in [2.45, 2.75) is 153 Å². The Morgan fingerprint density at radius 2 is 1.39 bits per heavy atom. The molecule has 404 valence electrons. The molecule has 0 radical (unpaired) electrons. The van der Waals surface area contributed by atoms with E-state index in [0.29, 0.717) is 36.8 Å². The van der Waals surface area contributed by atoms with Gasteiger partial charge in [-0.25, -0.2) is 0 Å². The summed E-state index contributed by atoms with van der Waals surface area (Å²) in [7, 11) is 0. The fourth-order valence-electron chi connectivity index (χ4n) is 8.37. The second-order valence-corrected chi connectivity index (χ2v) is 18.9. The number of nitrogens with zero attached hydrogens (tertiary/aromatic N) is 1. The lowest BCUT2D eigenvalue weighted by molar-refractivity contribution is -0.151. The number of hydrogen-bond donors (Lipinski definition) is 12. The van der Waals surface area contributed by atoms with Crippen LogP contribution in [0.1, 0.15) is 109 Å². The Balaban J connectivity index is 1.76. The van der Waals surface area contributed by atoms with Crippen LogP contribution in [0.4, 0.5) is 0 Å². The Labute approximate surface area is 431 Å². The number of amides is 8. The summed E-state index contributed by atoms with van der Waals surface area (Å²) in [5.41, 5.74) is 21.6. The lowest BCUT2D eigenvalue weighted by atomic mass is 9.99. The van der Waals surface area contributed by atoms with Crippen LogP contribution in [0, 0.1) is 5.92 Å². The summed E-state index contributed by atoms with van der Waals surface area (Å²) in [6.45, 7) is 7.01. The number of guanidine groups is 1. The summed E-state index contributed by atoms with van der Waals surface area (Å²) >= 11 is 0. The number of H-pyrrole nitrogens is 1. The maximum atomic E-state index is 14.7. The van der Waals surface area contributed by atoms with Crippen LogP contribution >= 0.6 is 0 Å². The van der Waals surface area contributed by atoms with E-state index in [1.807, 2.05) is 45.0 Å². The number of hydroxylamine groups is 1. The van der Waals surface area contributed by atoms with Gasteiger partial charge < -0.3 is 64.2 Å². The van der Waals surface area contributed by atoms with Crippen LogP contribution in [0.3, 0.4) is 0 Å². The van der Waals surface area contributed by atoms with Crippen LogP contribution in [0.2, 0.25) is 0 Å². The molecule has 2 heterocycles. The van der Waals surface area contributed by atoms with Crippen molar-refractivity contribution in [2.24, 2.45) is 28.1 Å². The molecule has 7 atom stereocenters. The van der Waals surface area contributed by atoms with Crippen molar-refractivity contribution < 1.29 is 48.0 Å². The normalized spacial score (nSPS) is 21.7. The Bertz CT molecular complexity index is 2410. The third kappa shape index (κ3) is 20.2. The highest BCUT2D eigenvalue weighted by Crippen LogP contribution is 2.20. The number of nitrogens with one attached hydrogen (secondary N) is 9. The summed E-state index contributed by atoms with van der Waals surface area (Å²) in [4.78, 5) is 136. The number of benzene rings is 2. The number of para-hydroxylation sites is 1. The molecule has 1 aromatic heterocycles. The van der Waals surface area contributed by atoms with Gasteiger partial charge in [-0.15, -0.1) is 0 Å². The van der Waals surface area contributed by atoms with Crippen LogP contribution in [0.25, 0.3) is 10.9 Å². The number of primary amides is 1. The summed E-state index contributed by atoms with van der Waals surface area (Å²) in [6, 6.07) is 7.27. The van der Waals surface area contributed by atoms with Gasteiger partial charge in [-0.2, -0.15) is 5.48 Å². The molecule has 23 heteroatoms. The van der Waals surface area contributed by atoms with E-state index in [-0.39, 0.29) is 82.8 Å². The standard InChI is InChI=1S/C51H75N13O10/c1-5-6-18-37(58-31(4)65)45(68)61-39-22-23-43(66)74-57-25-13-12-20-36(44(52)67)59-50(73)42(28-33-29-56-35-19-11-10-17-34(33)35)64-46(69)38(21-14-24-55-51(53)54)60-49(72)41(27-32-15-8-7-9-16-32)63-48(71)40(26-30(2)3)62-47(39)70/h7-11,15-17,19,29-30,36-42,56-57H,5-6,12-14,18,20-28H2,1-4H3,(H2,52,67)(H,58,65)(H,59,73)(H,60,72)(H,61,68)(H,62,70)(H,63,71)(H,64,69)(H4,53,54,55)/t36-,37-,38-,39-,40-,41+,42-/m0/s1. The van der Waals surface area contributed by atoms with Crippen LogP contribution in [0.15, 0.2) is 65.8 Å². The first-order chi connectivity index (χ1) is 35.3. The maximum Gasteiger partial charge on any atom is 0.324 e. The molecule has 8 amide bonds. The van der Waals surface area contributed by atoms with Crippen LogP contribution < -0.4 is 59.9 Å². The zero-order valence-corrected chi connectivity index (χ0v) is 42.8. The van der Waals surface area contributed by atoms with Gasteiger partial charge in [0.05, 0.1) is 0 Å². The van der Waals surface area contributed by atoms with E-state index in [2.05, 4.69) is 52.7 Å². The minimum Gasteiger partial charge on any atom is -0.371 e. The number of nitrogens with two attached hydrogens (primary N) is 3. The maximum absolute atomic E-state index is 14.7. The van der Waals surface area contributed by atoms with Gasteiger partial charge in [-0.3, -0.25) is 48.1 Å². The first-order valence-electron chi connectivity index (χ1n) is 25.3. The molecular weight excluding hydrogens is 955 g/mol. The number of aliphatic imine (C=N–C) groups is 1. The Morgan fingerprint density at radius 3 is 2.07 bits per heavy atom. The number of hydrogen-bond acceptors (Lipinski definition) is 12. The largest absolute Gasteiger partial charge is 0.371 e. The van der Waals surface area contributed by atoms with Crippen molar-refractivity contribution in [3.05, 3.63) is 71.9 Å². The Hall–Kier alpha value is -7.56. The summed E-state index contributed by atoms with van der Waals surface area (Å²) < 4.78 is 0. The number of rotatable bonds is 17. The van der Waals surface area contributed by atoms with Gasteiger partial charge >= 0.3 is 5.97 Å². The molecule has 1 fully saturated rings. The molecule has 0 unspecified atom stereocenters. The van der Waals surface area contributed by atoms with Gasteiger partial charge in [0.15, 0.2) is 5.96 Å². The van der Waals surface area contributed by atoms with Crippen LogP contribution in [-0.4, -0.2) is 120 Å². The van der Waals surface area contributed by atoms with E-state index in [0.717, 1.165) is 10.9 Å². The van der Waals surface area contributed by atoms with Crippen molar-refractivity contribution in [1.82, 2.24) is 47.7 Å². The molecule has 23 nitrogen and oxygen atoms in total. The van der Waals surface area contributed by atoms with Gasteiger partial charge in [-0.05, 0) is 74.5 Å². The number of carbonyl (C=O) groups excluding carboxylic acids is 9. The Kier molecular flexibility index (Phi) is 24.3. The molecule has 4 rings (SSSR count). The van der Waals surface area contributed by atoms with E-state index in [1.165, 1.54) is 6.92 Å². The van der Waals surface area contributed by atoms with E-state index < -0.39 is 95.5 Å². The number of aromatic amines is 1. The summed E-state index contributed by atoms with van der Waals surface area (Å²) in [5.74, 6) is -7.03. The molecule has 0 spiro atoms. The van der Waals surface area contributed by atoms with Gasteiger partial charge in [0.2, 0.25) is 47.3 Å². The molecule has 0 aliphatic carbocycles. The molecule has 2 aromatic carbocycles. The monoisotopic (exact) mass is 1030 g/mol. The predicted octanol–water partition coefficient (Wildman–Crippen LogP) is 0.154. The third-order valence-corrected chi connectivity index (χ3v) is 12.2. The average Bonchev–Trinajstić information content (AvgIpc) is 3.76. The lowest BCUT2D eigenvalue weighted by Crippen LogP contribution is -2.60. The molecule has 1 saturated heterocycles. The SMILES string of the molecule is CCCC[C@H](NC(C)=O)C(=O)N[C@H]1CCC(=O)ONCCCC[C@@H](C(N)=O)NC(=O)[C@H](Cc2c[nH]c3ccccc23)NC(=O)[C@H](CCCN=C(N)N)NC(=O)[C@@H](Cc2ccccc2)NC(=O)[C@H](CC(C)C)NC1=O. The molecule has 0 bridgehead atoms. The van der Waals surface area contributed by atoms with Gasteiger partial charge in [0.1, 0.15) is 42.3 Å². The first-order valence-corrected chi connectivity index (χ1v) is 25.3. The van der Waals surface area contributed by atoms with Crippen molar-refractivity contribution in [3.8, 4) is 0 Å². The second-order valence-electron chi connectivity index (χ2n) is 18.9. The molecule has 0 saturated carbocycles. The van der Waals surface area contributed by atoms with E-state index in [4.69, 9.17) is 22.0 Å². The zero-order chi connectivity index (χ0) is 54.2. The van der Waals surface area contributed by atoms with E-state index >= 15 is 0 Å². The predicted molar refractivity (Wildman–Crippen MR) is 277 cm³/mol. The minimum atomic E-state index is -1.40. The highest BCUT2D eigenvalue weighted by atomic mass is 16.7. The van der Waals surface area contributed by atoms with Crippen molar-refractivity contribution >= 4 is 70.1 Å². The molecule has 74 heavy (non-hydrogen) atoms. The summed E-state index contributed by atoms with van der Waals surface area (Å²) in [6.07, 6.45) is 3.46. The highest BCUT2D eigenvalue weighted by molar-refractivity contribution is 5.98. The highest BCUT2D eigenvalue weighted by Gasteiger charge is 2.35. The average molecular weight is 1030 g/mol. The van der Waals surface area contributed by atoms with Crippen LogP contribution in [-0.2, 0) is 60.8 Å². The van der Waals surface area contributed by atoms with E-state index in [9.17, 15) is 43.2 Å². The van der Waals surface area contributed by atoms with Crippen LogP contribution in [0.5, 0.6) is 0 Å². The minimum absolute atomic E-state index is 0.0354.